The molecule has 1 aliphatic heterocycles. The monoisotopic (exact) mass is 155 g/mol. The van der Waals surface area contributed by atoms with Crippen molar-refractivity contribution < 1.29 is 4.79 Å². The molecular weight excluding hydrogens is 138 g/mol. The first kappa shape index (κ1) is 8.57. The molecule has 0 saturated carbocycles. The molecule has 1 fully saturated rings. The normalized spacial score (nSPS) is 16.8. The van der Waals surface area contributed by atoms with E-state index in [0.717, 1.165) is 19.5 Å². The fourth-order valence-electron chi connectivity index (χ4n) is 1.33. The van der Waals surface area contributed by atoms with Gasteiger partial charge in [0, 0.05) is 19.5 Å². The molecule has 1 aliphatic rings. The van der Waals surface area contributed by atoms with Crippen molar-refractivity contribution in [1.82, 2.24) is 4.90 Å². The van der Waals surface area contributed by atoms with Crippen LogP contribution in [0.1, 0.15) is 39.0 Å². The van der Waals surface area contributed by atoms with Crippen LogP contribution in [-0.4, -0.2) is 23.9 Å². The van der Waals surface area contributed by atoms with E-state index in [-0.39, 0.29) is 0 Å². The van der Waals surface area contributed by atoms with E-state index in [4.69, 9.17) is 0 Å². The first-order valence-electron chi connectivity index (χ1n) is 4.62. The topological polar surface area (TPSA) is 20.3 Å². The second-order valence-electron chi connectivity index (χ2n) is 3.19. The molecule has 64 valence electrons. The number of amides is 1. The van der Waals surface area contributed by atoms with E-state index in [1.54, 1.807) is 0 Å². The zero-order valence-electron chi connectivity index (χ0n) is 7.31. The van der Waals surface area contributed by atoms with Gasteiger partial charge in [-0.3, -0.25) is 4.79 Å². The summed E-state index contributed by atoms with van der Waals surface area (Å²) in [5.74, 6) is 0.349. The Labute approximate surface area is 68.6 Å². The van der Waals surface area contributed by atoms with Gasteiger partial charge in [-0.25, -0.2) is 0 Å². The fraction of sp³-hybridized carbons (Fsp3) is 0.889. The molecule has 0 N–H and O–H groups in total. The summed E-state index contributed by atoms with van der Waals surface area (Å²) in [5.41, 5.74) is 0. The molecule has 1 rings (SSSR count). The first-order chi connectivity index (χ1) is 5.34. The van der Waals surface area contributed by atoms with E-state index < -0.39 is 0 Å². The Balaban J connectivity index is 1.91. The molecule has 1 amide bonds. The smallest absolute Gasteiger partial charge is 0.224 e. The van der Waals surface area contributed by atoms with Crippen LogP contribution in [0, 0.1) is 0 Å². The summed E-state index contributed by atoms with van der Waals surface area (Å²) in [6.07, 6.45) is 5.84. The van der Waals surface area contributed by atoms with Gasteiger partial charge in [0.2, 0.25) is 5.91 Å². The lowest BCUT2D eigenvalue weighted by atomic mass is 10.1. The maximum absolute atomic E-state index is 10.8. The van der Waals surface area contributed by atoms with Gasteiger partial charge in [-0.15, -0.1) is 0 Å². The molecule has 1 saturated heterocycles. The van der Waals surface area contributed by atoms with Gasteiger partial charge >= 0.3 is 0 Å². The second-order valence-corrected chi connectivity index (χ2v) is 3.19. The summed E-state index contributed by atoms with van der Waals surface area (Å²) >= 11 is 0. The van der Waals surface area contributed by atoms with Crippen molar-refractivity contribution in [2.24, 2.45) is 0 Å². The van der Waals surface area contributed by atoms with Crippen LogP contribution < -0.4 is 0 Å². The summed E-state index contributed by atoms with van der Waals surface area (Å²) in [7, 11) is 0. The van der Waals surface area contributed by atoms with E-state index in [0.29, 0.717) is 5.91 Å². The third-order valence-corrected chi connectivity index (χ3v) is 2.23. The first-order valence-corrected chi connectivity index (χ1v) is 4.62. The zero-order valence-corrected chi connectivity index (χ0v) is 7.31. The molecule has 0 radical (unpaired) electrons. The third kappa shape index (κ3) is 2.52. The van der Waals surface area contributed by atoms with Gasteiger partial charge in [0.1, 0.15) is 0 Å². The molecule has 0 atom stereocenters. The van der Waals surface area contributed by atoms with Crippen molar-refractivity contribution in [3.63, 3.8) is 0 Å². The number of hydrogen-bond donors (Lipinski definition) is 0. The van der Waals surface area contributed by atoms with Crippen molar-refractivity contribution in [2.45, 2.75) is 39.0 Å². The van der Waals surface area contributed by atoms with Crippen molar-refractivity contribution in [2.75, 3.05) is 13.1 Å². The van der Waals surface area contributed by atoms with Gasteiger partial charge in [-0.1, -0.05) is 26.2 Å². The number of rotatable bonds is 5. The highest BCUT2D eigenvalue weighted by Crippen LogP contribution is 2.10. The van der Waals surface area contributed by atoms with Crippen LogP contribution in [0.4, 0.5) is 0 Å². The molecule has 0 aromatic rings. The minimum Gasteiger partial charge on any atom is -0.342 e. The van der Waals surface area contributed by atoms with Gasteiger partial charge < -0.3 is 4.90 Å². The largest absolute Gasteiger partial charge is 0.342 e. The quantitative estimate of drug-likeness (QED) is 0.438. The number of hydrogen-bond acceptors (Lipinski definition) is 1. The van der Waals surface area contributed by atoms with Crippen molar-refractivity contribution >= 4 is 5.91 Å². The average molecular weight is 155 g/mol. The molecule has 0 spiro atoms. The molecule has 0 aliphatic carbocycles. The minimum absolute atomic E-state index is 0.349. The second kappa shape index (κ2) is 4.37. The van der Waals surface area contributed by atoms with Gasteiger partial charge in [0.05, 0.1) is 0 Å². The maximum atomic E-state index is 10.8. The number of unbranched alkanes of at least 4 members (excludes halogenated alkanes) is 3. The van der Waals surface area contributed by atoms with Gasteiger partial charge in [0.25, 0.3) is 0 Å². The lowest BCUT2D eigenvalue weighted by molar-refractivity contribution is -0.139. The van der Waals surface area contributed by atoms with E-state index in [2.05, 4.69) is 6.92 Å². The van der Waals surface area contributed by atoms with Crippen LogP contribution in [-0.2, 0) is 4.79 Å². The van der Waals surface area contributed by atoms with E-state index in [1.807, 2.05) is 4.90 Å². The Kier molecular flexibility index (Phi) is 3.40. The van der Waals surface area contributed by atoms with Crippen LogP contribution in [0.25, 0.3) is 0 Å². The Morgan fingerprint density at radius 3 is 2.64 bits per heavy atom. The van der Waals surface area contributed by atoms with Crippen LogP contribution in [0.15, 0.2) is 0 Å². The van der Waals surface area contributed by atoms with Gasteiger partial charge in [-0.2, -0.15) is 0 Å². The summed E-state index contributed by atoms with van der Waals surface area (Å²) in [6, 6.07) is 0. The molecule has 0 unspecified atom stereocenters. The number of β-lactam (4-membered cyclic amide) rings is 1. The van der Waals surface area contributed by atoms with Gasteiger partial charge in [-0.05, 0) is 6.42 Å². The highest BCUT2D eigenvalue weighted by molar-refractivity contribution is 5.81. The lowest BCUT2D eigenvalue weighted by Gasteiger charge is -2.30. The van der Waals surface area contributed by atoms with E-state index >= 15 is 0 Å². The number of carbonyl (C=O) groups excluding carboxylic acids is 1. The Hall–Kier alpha value is -0.530. The average Bonchev–Trinajstić information content (AvgIpc) is 2.02. The minimum atomic E-state index is 0.349. The summed E-state index contributed by atoms with van der Waals surface area (Å²) in [4.78, 5) is 12.8. The van der Waals surface area contributed by atoms with Crippen molar-refractivity contribution in [1.29, 1.82) is 0 Å². The zero-order chi connectivity index (χ0) is 8.10. The predicted octanol–water partition coefficient (Wildman–Crippen LogP) is 1.80. The molecule has 1 heterocycles. The van der Waals surface area contributed by atoms with Crippen LogP contribution in [0.2, 0.25) is 0 Å². The lowest BCUT2D eigenvalue weighted by Crippen LogP contribution is -2.43. The third-order valence-electron chi connectivity index (χ3n) is 2.23. The van der Waals surface area contributed by atoms with Crippen molar-refractivity contribution in [3.05, 3.63) is 0 Å². The highest BCUT2D eigenvalue weighted by atomic mass is 16.2. The molecule has 2 nitrogen and oxygen atoms in total. The van der Waals surface area contributed by atoms with Gasteiger partial charge in [0.15, 0.2) is 0 Å². The maximum Gasteiger partial charge on any atom is 0.224 e. The highest BCUT2D eigenvalue weighted by Gasteiger charge is 2.21. The Morgan fingerprint density at radius 1 is 1.36 bits per heavy atom. The number of likely N-dealkylation sites (tertiary alicyclic amines) is 1. The Morgan fingerprint density at radius 2 is 2.18 bits per heavy atom. The standard InChI is InChI=1S/C9H17NO/c1-2-3-4-5-7-10-8-6-9(10)11/h2-8H2,1H3. The number of carbonyl (C=O) groups is 1. The van der Waals surface area contributed by atoms with Crippen molar-refractivity contribution in [3.8, 4) is 0 Å². The summed E-state index contributed by atoms with van der Waals surface area (Å²) < 4.78 is 0. The SMILES string of the molecule is CCCCCCN1CCC1=O. The summed E-state index contributed by atoms with van der Waals surface area (Å²) in [5, 5.41) is 0. The van der Waals surface area contributed by atoms with Crippen LogP contribution in [0.5, 0.6) is 0 Å². The molecule has 0 aromatic heterocycles. The van der Waals surface area contributed by atoms with E-state index in [1.165, 1.54) is 25.7 Å². The van der Waals surface area contributed by atoms with Crippen LogP contribution in [0.3, 0.4) is 0 Å². The van der Waals surface area contributed by atoms with E-state index in [9.17, 15) is 4.79 Å². The molecule has 11 heavy (non-hydrogen) atoms. The Bertz CT molecular complexity index is 134. The molecule has 0 aromatic carbocycles. The molecular formula is C9H17NO. The van der Waals surface area contributed by atoms with Crippen LogP contribution >= 0.6 is 0 Å². The predicted molar refractivity (Wildman–Crippen MR) is 45.3 cm³/mol. The summed E-state index contributed by atoms with van der Waals surface area (Å²) in [6.45, 7) is 4.21. The molecule has 0 bridgehead atoms. The molecule has 2 heteroatoms. The number of nitrogens with zero attached hydrogens (tertiary/aromatic N) is 1. The fourth-order valence-corrected chi connectivity index (χ4v) is 1.33.